The molecule has 0 aliphatic rings. The fourth-order valence-electron chi connectivity index (χ4n) is 2.34. The lowest BCUT2D eigenvalue weighted by molar-refractivity contribution is -0.115. The van der Waals surface area contributed by atoms with Crippen molar-refractivity contribution in [2.45, 2.75) is 6.42 Å². The number of halogens is 1. The number of aromatic nitrogens is 1. The van der Waals surface area contributed by atoms with Gasteiger partial charge in [-0.2, -0.15) is 0 Å². The molecule has 0 unspecified atom stereocenters. The lowest BCUT2D eigenvalue weighted by Gasteiger charge is -2.08. The molecular weight excluding hydrogens is 333 g/mol. The number of benzene rings is 2. The van der Waals surface area contributed by atoms with Gasteiger partial charge in [-0.3, -0.25) is 14.6 Å². The van der Waals surface area contributed by atoms with Gasteiger partial charge in [-0.25, -0.2) is 4.39 Å². The quantitative estimate of drug-likeness (QED) is 0.738. The third-order valence-electron chi connectivity index (χ3n) is 3.62. The highest BCUT2D eigenvalue weighted by Crippen LogP contribution is 2.14. The molecule has 1 aromatic heterocycles. The molecule has 0 aliphatic carbocycles. The zero-order valence-electron chi connectivity index (χ0n) is 13.8. The zero-order valence-corrected chi connectivity index (χ0v) is 13.8. The monoisotopic (exact) mass is 349 g/mol. The van der Waals surface area contributed by atoms with Crippen molar-refractivity contribution in [2.75, 3.05) is 10.6 Å². The zero-order chi connectivity index (χ0) is 18.4. The fraction of sp³-hybridized carbons (Fsp3) is 0.0500. The van der Waals surface area contributed by atoms with Gasteiger partial charge in [-0.15, -0.1) is 0 Å². The van der Waals surface area contributed by atoms with Crippen LogP contribution in [0.15, 0.2) is 72.9 Å². The van der Waals surface area contributed by atoms with Crippen LogP contribution in [0, 0.1) is 5.82 Å². The summed E-state index contributed by atoms with van der Waals surface area (Å²) in [5.41, 5.74) is 1.81. The first kappa shape index (κ1) is 17.3. The third-order valence-corrected chi connectivity index (χ3v) is 3.62. The van der Waals surface area contributed by atoms with E-state index < -0.39 is 5.82 Å². The molecule has 0 spiro atoms. The van der Waals surface area contributed by atoms with Gasteiger partial charge in [-0.05, 0) is 42.0 Å². The van der Waals surface area contributed by atoms with Gasteiger partial charge in [0.1, 0.15) is 11.5 Å². The van der Waals surface area contributed by atoms with E-state index in [-0.39, 0.29) is 23.9 Å². The van der Waals surface area contributed by atoms with Crippen LogP contribution in [0.4, 0.5) is 15.8 Å². The molecule has 6 heteroatoms. The molecule has 3 aromatic rings. The maximum atomic E-state index is 13.5. The van der Waals surface area contributed by atoms with Crippen LogP contribution >= 0.6 is 0 Å². The Morgan fingerprint density at radius 1 is 0.885 bits per heavy atom. The number of nitrogens with one attached hydrogen (secondary N) is 2. The van der Waals surface area contributed by atoms with Crippen LogP contribution in [0.25, 0.3) is 0 Å². The first-order valence-electron chi connectivity index (χ1n) is 7.97. The average molecular weight is 349 g/mol. The lowest BCUT2D eigenvalue weighted by atomic mass is 10.1. The fourth-order valence-corrected chi connectivity index (χ4v) is 2.34. The van der Waals surface area contributed by atoms with E-state index in [1.165, 1.54) is 12.1 Å². The number of pyridine rings is 1. The number of nitrogens with zero attached hydrogens (tertiary/aromatic N) is 1. The number of rotatable bonds is 5. The molecule has 0 saturated carbocycles. The van der Waals surface area contributed by atoms with Crippen molar-refractivity contribution in [3.8, 4) is 0 Å². The molecular formula is C20H16FN3O2. The van der Waals surface area contributed by atoms with E-state index in [0.717, 1.165) is 5.56 Å². The van der Waals surface area contributed by atoms with Crippen molar-refractivity contribution in [3.63, 3.8) is 0 Å². The summed E-state index contributed by atoms with van der Waals surface area (Å²) in [6.07, 6.45) is 1.65. The lowest BCUT2D eigenvalue weighted by Crippen LogP contribution is -2.15. The minimum absolute atomic E-state index is 0.100. The summed E-state index contributed by atoms with van der Waals surface area (Å²) in [4.78, 5) is 28.0. The number of carbonyl (C=O) groups is 2. The van der Waals surface area contributed by atoms with Gasteiger partial charge >= 0.3 is 0 Å². The Morgan fingerprint density at radius 3 is 2.31 bits per heavy atom. The minimum Gasteiger partial charge on any atom is -0.323 e. The molecule has 0 fully saturated rings. The normalized spacial score (nSPS) is 10.2. The van der Waals surface area contributed by atoms with Crippen molar-refractivity contribution in [1.29, 1.82) is 0 Å². The van der Waals surface area contributed by atoms with E-state index in [1.807, 2.05) is 0 Å². The number of anilines is 2. The first-order chi connectivity index (χ1) is 12.6. The highest BCUT2D eigenvalue weighted by Gasteiger charge is 2.09. The van der Waals surface area contributed by atoms with E-state index in [9.17, 15) is 14.0 Å². The molecule has 26 heavy (non-hydrogen) atoms. The Bertz CT molecular complexity index is 912. The van der Waals surface area contributed by atoms with Gasteiger partial charge in [-0.1, -0.05) is 30.3 Å². The summed E-state index contributed by atoms with van der Waals surface area (Å²) < 4.78 is 13.5. The van der Waals surface area contributed by atoms with Crippen LogP contribution < -0.4 is 10.6 Å². The van der Waals surface area contributed by atoms with Gasteiger partial charge in [0, 0.05) is 11.9 Å². The van der Waals surface area contributed by atoms with Crippen LogP contribution in [0.1, 0.15) is 16.1 Å². The third kappa shape index (κ3) is 4.51. The molecule has 1 heterocycles. The SMILES string of the molecule is O=C(Cc1ccc(NC(=O)c2ccccn2)cc1)Nc1ccccc1F. The van der Waals surface area contributed by atoms with E-state index >= 15 is 0 Å². The Balaban J connectivity index is 1.58. The Kier molecular flexibility index (Phi) is 5.34. The summed E-state index contributed by atoms with van der Waals surface area (Å²) in [5, 5.41) is 5.27. The van der Waals surface area contributed by atoms with Gasteiger partial charge in [0.25, 0.3) is 5.91 Å². The van der Waals surface area contributed by atoms with Crippen LogP contribution in [0.5, 0.6) is 0 Å². The molecule has 3 rings (SSSR count). The maximum Gasteiger partial charge on any atom is 0.274 e. The first-order valence-corrected chi connectivity index (χ1v) is 7.97. The average Bonchev–Trinajstić information content (AvgIpc) is 2.66. The van der Waals surface area contributed by atoms with Crippen LogP contribution in [-0.2, 0) is 11.2 Å². The molecule has 2 N–H and O–H groups in total. The number of amides is 2. The van der Waals surface area contributed by atoms with Gasteiger partial charge in [0.2, 0.25) is 5.91 Å². The molecule has 2 aromatic carbocycles. The molecule has 0 saturated heterocycles. The standard InChI is InChI=1S/C20H16FN3O2/c21-16-5-1-2-6-17(16)24-19(25)13-14-8-10-15(11-9-14)23-20(26)18-7-3-4-12-22-18/h1-12H,13H2,(H,23,26)(H,24,25). The van der Waals surface area contributed by atoms with Crippen molar-refractivity contribution in [3.05, 3.63) is 90.0 Å². The van der Waals surface area contributed by atoms with E-state index in [2.05, 4.69) is 15.6 Å². The summed E-state index contributed by atoms with van der Waals surface area (Å²) in [6, 6.07) is 18.0. The molecule has 0 aliphatic heterocycles. The predicted molar refractivity (Wildman–Crippen MR) is 97.4 cm³/mol. The Morgan fingerprint density at radius 2 is 1.62 bits per heavy atom. The Labute approximate surface area is 149 Å². The van der Waals surface area contributed by atoms with Crippen molar-refractivity contribution in [2.24, 2.45) is 0 Å². The van der Waals surface area contributed by atoms with Crippen molar-refractivity contribution < 1.29 is 14.0 Å². The molecule has 0 bridgehead atoms. The van der Waals surface area contributed by atoms with E-state index in [0.29, 0.717) is 11.4 Å². The number of hydrogen-bond donors (Lipinski definition) is 2. The highest BCUT2D eigenvalue weighted by molar-refractivity contribution is 6.02. The number of para-hydroxylation sites is 1. The number of hydrogen-bond acceptors (Lipinski definition) is 3. The summed E-state index contributed by atoms with van der Waals surface area (Å²) in [5.74, 6) is -1.11. The Hall–Kier alpha value is -3.54. The smallest absolute Gasteiger partial charge is 0.274 e. The summed E-state index contributed by atoms with van der Waals surface area (Å²) in [7, 11) is 0. The number of carbonyl (C=O) groups excluding carboxylic acids is 2. The molecule has 130 valence electrons. The largest absolute Gasteiger partial charge is 0.323 e. The minimum atomic E-state index is -0.478. The van der Waals surface area contributed by atoms with Crippen molar-refractivity contribution in [1.82, 2.24) is 4.98 Å². The predicted octanol–water partition coefficient (Wildman–Crippen LogP) is 3.65. The molecule has 0 atom stereocenters. The van der Waals surface area contributed by atoms with Crippen LogP contribution in [0.2, 0.25) is 0 Å². The van der Waals surface area contributed by atoms with Crippen LogP contribution in [-0.4, -0.2) is 16.8 Å². The topological polar surface area (TPSA) is 71.1 Å². The highest BCUT2D eigenvalue weighted by atomic mass is 19.1. The molecule has 2 amide bonds. The van der Waals surface area contributed by atoms with Gasteiger partial charge in [0.15, 0.2) is 0 Å². The van der Waals surface area contributed by atoms with Crippen LogP contribution in [0.3, 0.4) is 0 Å². The van der Waals surface area contributed by atoms with Crippen molar-refractivity contribution >= 4 is 23.2 Å². The second-order valence-electron chi connectivity index (χ2n) is 5.57. The second-order valence-corrected chi connectivity index (χ2v) is 5.57. The van der Waals surface area contributed by atoms with E-state index in [4.69, 9.17) is 0 Å². The molecule has 0 radical (unpaired) electrons. The van der Waals surface area contributed by atoms with E-state index in [1.54, 1.807) is 60.8 Å². The summed E-state index contributed by atoms with van der Waals surface area (Å²) in [6.45, 7) is 0. The second kappa shape index (κ2) is 8.02. The molecule has 5 nitrogen and oxygen atoms in total. The summed E-state index contributed by atoms with van der Waals surface area (Å²) >= 11 is 0. The maximum absolute atomic E-state index is 13.5. The van der Waals surface area contributed by atoms with Gasteiger partial charge < -0.3 is 10.6 Å². The van der Waals surface area contributed by atoms with Gasteiger partial charge in [0.05, 0.1) is 12.1 Å².